The molecule has 0 radical (unpaired) electrons. The number of hydrogen-bond donors (Lipinski definition) is 0. The van der Waals surface area contributed by atoms with E-state index >= 15 is 0 Å². The van der Waals surface area contributed by atoms with E-state index < -0.39 is 0 Å². The second kappa shape index (κ2) is 5.37. The monoisotopic (exact) mass is 248 g/mol. The van der Waals surface area contributed by atoms with Crippen LogP contribution in [0.5, 0.6) is 0 Å². The molecule has 0 N–H and O–H groups in total. The van der Waals surface area contributed by atoms with E-state index in [4.69, 9.17) is 0 Å². The fourth-order valence-corrected chi connectivity index (χ4v) is 3.26. The average molecular weight is 248 g/mol. The maximum atomic E-state index is 13.2. The Morgan fingerprint density at radius 2 is 2.11 bits per heavy atom. The van der Waals surface area contributed by atoms with Crippen LogP contribution in [-0.2, 0) is 6.54 Å². The summed E-state index contributed by atoms with van der Waals surface area (Å²) in [5.74, 6) is -0.121. The third-order valence-electron chi connectivity index (χ3n) is 4.22. The largest absolute Gasteiger partial charge is 0.298 e. The number of rotatable bonds is 2. The number of fused-ring (bicyclic) bond motifs is 1. The van der Waals surface area contributed by atoms with Crippen LogP contribution in [0.4, 0.5) is 4.39 Å². The molecule has 3 heteroatoms. The van der Waals surface area contributed by atoms with E-state index in [2.05, 4.69) is 9.80 Å². The first-order valence-electron chi connectivity index (χ1n) is 7.02. The number of piperidine rings is 1. The van der Waals surface area contributed by atoms with Crippen molar-refractivity contribution in [2.45, 2.75) is 31.8 Å². The summed E-state index contributed by atoms with van der Waals surface area (Å²) in [6.45, 7) is 5.62. The molecular weight excluding hydrogens is 227 g/mol. The number of halogens is 1. The van der Waals surface area contributed by atoms with Crippen molar-refractivity contribution in [3.63, 3.8) is 0 Å². The van der Waals surface area contributed by atoms with Gasteiger partial charge in [0.2, 0.25) is 0 Å². The zero-order valence-corrected chi connectivity index (χ0v) is 10.8. The zero-order valence-electron chi connectivity index (χ0n) is 10.8. The molecule has 3 rings (SSSR count). The molecule has 18 heavy (non-hydrogen) atoms. The molecule has 1 aromatic carbocycles. The van der Waals surface area contributed by atoms with Crippen LogP contribution >= 0.6 is 0 Å². The SMILES string of the molecule is Fc1cccc(CN2CCN3CCCCC3C2)c1. The van der Waals surface area contributed by atoms with Gasteiger partial charge in [0.1, 0.15) is 5.82 Å². The smallest absolute Gasteiger partial charge is 0.123 e. The Kier molecular flexibility index (Phi) is 3.62. The first-order valence-corrected chi connectivity index (χ1v) is 7.02. The minimum Gasteiger partial charge on any atom is -0.298 e. The predicted octanol–water partition coefficient (Wildman–Crippen LogP) is 2.50. The number of hydrogen-bond acceptors (Lipinski definition) is 2. The second-order valence-corrected chi connectivity index (χ2v) is 5.55. The maximum absolute atomic E-state index is 13.2. The molecule has 2 nitrogen and oxygen atoms in total. The lowest BCUT2D eigenvalue weighted by Crippen LogP contribution is -2.54. The predicted molar refractivity (Wildman–Crippen MR) is 70.9 cm³/mol. The minimum atomic E-state index is -0.121. The van der Waals surface area contributed by atoms with Crippen LogP contribution in [0.2, 0.25) is 0 Å². The Hall–Kier alpha value is -0.930. The van der Waals surface area contributed by atoms with Gasteiger partial charge < -0.3 is 0 Å². The van der Waals surface area contributed by atoms with Crippen LogP contribution in [0.3, 0.4) is 0 Å². The molecule has 0 bridgehead atoms. The average Bonchev–Trinajstić information content (AvgIpc) is 2.39. The van der Waals surface area contributed by atoms with Crippen molar-refractivity contribution in [3.8, 4) is 0 Å². The summed E-state index contributed by atoms with van der Waals surface area (Å²) >= 11 is 0. The summed E-state index contributed by atoms with van der Waals surface area (Å²) in [4.78, 5) is 5.10. The summed E-state index contributed by atoms with van der Waals surface area (Å²) in [5.41, 5.74) is 1.10. The summed E-state index contributed by atoms with van der Waals surface area (Å²) in [7, 11) is 0. The Morgan fingerprint density at radius 3 is 3.00 bits per heavy atom. The van der Waals surface area contributed by atoms with E-state index in [1.165, 1.54) is 38.4 Å². The van der Waals surface area contributed by atoms with Crippen molar-refractivity contribution in [2.75, 3.05) is 26.2 Å². The highest BCUT2D eigenvalue weighted by Crippen LogP contribution is 2.22. The lowest BCUT2D eigenvalue weighted by molar-refractivity contribution is 0.0456. The van der Waals surface area contributed by atoms with Gasteiger partial charge in [-0.2, -0.15) is 0 Å². The van der Waals surface area contributed by atoms with Crippen LogP contribution in [0.1, 0.15) is 24.8 Å². The highest BCUT2D eigenvalue weighted by atomic mass is 19.1. The molecule has 1 atom stereocenters. The van der Waals surface area contributed by atoms with Crippen LogP contribution in [0.15, 0.2) is 24.3 Å². The van der Waals surface area contributed by atoms with Gasteiger partial charge in [-0.1, -0.05) is 18.6 Å². The van der Waals surface area contributed by atoms with Gasteiger partial charge in [-0.3, -0.25) is 9.80 Å². The Labute approximate surface area is 108 Å². The quantitative estimate of drug-likeness (QED) is 0.793. The molecule has 2 saturated heterocycles. The fraction of sp³-hybridized carbons (Fsp3) is 0.600. The van der Waals surface area contributed by atoms with Gasteiger partial charge in [-0.15, -0.1) is 0 Å². The fourth-order valence-electron chi connectivity index (χ4n) is 3.26. The van der Waals surface area contributed by atoms with Gasteiger partial charge in [-0.25, -0.2) is 4.39 Å². The first kappa shape index (κ1) is 12.1. The third kappa shape index (κ3) is 2.73. The van der Waals surface area contributed by atoms with Crippen molar-refractivity contribution >= 4 is 0 Å². The third-order valence-corrected chi connectivity index (χ3v) is 4.22. The summed E-state index contributed by atoms with van der Waals surface area (Å²) in [6, 6.07) is 7.74. The molecule has 2 aliphatic rings. The lowest BCUT2D eigenvalue weighted by atomic mass is 9.99. The Morgan fingerprint density at radius 1 is 1.17 bits per heavy atom. The van der Waals surface area contributed by atoms with Gasteiger partial charge in [0.25, 0.3) is 0 Å². The number of nitrogens with zero attached hydrogens (tertiary/aromatic N) is 2. The maximum Gasteiger partial charge on any atom is 0.123 e. The molecule has 0 saturated carbocycles. The number of benzene rings is 1. The molecule has 0 spiro atoms. The van der Waals surface area contributed by atoms with Crippen molar-refractivity contribution < 1.29 is 4.39 Å². The standard InChI is InChI=1S/C15H21FN2/c16-14-5-3-4-13(10-14)11-17-8-9-18-7-2-1-6-15(18)12-17/h3-5,10,15H,1-2,6-9,11-12H2. The minimum absolute atomic E-state index is 0.121. The van der Waals surface area contributed by atoms with E-state index in [-0.39, 0.29) is 5.82 Å². The van der Waals surface area contributed by atoms with Crippen LogP contribution in [-0.4, -0.2) is 42.0 Å². The molecule has 2 fully saturated rings. The normalized spacial score (nSPS) is 25.9. The van der Waals surface area contributed by atoms with E-state index in [0.717, 1.165) is 31.2 Å². The van der Waals surface area contributed by atoms with Crippen molar-refractivity contribution in [1.29, 1.82) is 0 Å². The van der Waals surface area contributed by atoms with E-state index in [9.17, 15) is 4.39 Å². The van der Waals surface area contributed by atoms with Gasteiger partial charge in [0.05, 0.1) is 0 Å². The molecule has 0 aromatic heterocycles. The topological polar surface area (TPSA) is 6.48 Å². The van der Waals surface area contributed by atoms with E-state index in [1.54, 1.807) is 6.07 Å². The van der Waals surface area contributed by atoms with Crippen LogP contribution in [0, 0.1) is 5.82 Å². The van der Waals surface area contributed by atoms with Crippen molar-refractivity contribution in [1.82, 2.24) is 9.80 Å². The second-order valence-electron chi connectivity index (χ2n) is 5.55. The molecule has 2 aliphatic heterocycles. The molecule has 1 unspecified atom stereocenters. The van der Waals surface area contributed by atoms with E-state index in [0.29, 0.717) is 0 Å². The number of piperazine rings is 1. The van der Waals surface area contributed by atoms with Gasteiger partial charge in [0, 0.05) is 32.2 Å². The van der Waals surface area contributed by atoms with Gasteiger partial charge >= 0.3 is 0 Å². The highest BCUT2D eigenvalue weighted by Gasteiger charge is 2.28. The summed E-state index contributed by atoms with van der Waals surface area (Å²) in [5, 5.41) is 0. The zero-order chi connectivity index (χ0) is 12.4. The molecule has 2 heterocycles. The summed E-state index contributed by atoms with van der Waals surface area (Å²) < 4.78 is 13.2. The van der Waals surface area contributed by atoms with Crippen molar-refractivity contribution in [3.05, 3.63) is 35.6 Å². The van der Waals surface area contributed by atoms with Crippen LogP contribution < -0.4 is 0 Å². The molecule has 0 aliphatic carbocycles. The molecule has 0 amide bonds. The van der Waals surface area contributed by atoms with Gasteiger partial charge in [-0.05, 0) is 37.1 Å². The first-order chi connectivity index (χ1) is 8.81. The molecule has 1 aromatic rings. The molecular formula is C15H21FN2. The highest BCUT2D eigenvalue weighted by molar-refractivity contribution is 5.16. The van der Waals surface area contributed by atoms with Crippen molar-refractivity contribution in [2.24, 2.45) is 0 Å². The Balaban J connectivity index is 1.61. The van der Waals surface area contributed by atoms with Crippen LogP contribution in [0.25, 0.3) is 0 Å². The lowest BCUT2D eigenvalue weighted by Gasteiger charge is -2.44. The molecule has 98 valence electrons. The Bertz CT molecular complexity index is 407. The van der Waals surface area contributed by atoms with E-state index in [1.807, 2.05) is 12.1 Å². The van der Waals surface area contributed by atoms with Gasteiger partial charge in [0.15, 0.2) is 0 Å². The summed E-state index contributed by atoms with van der Waals surface area (Å²) in [6.07, 6.45) is 4.06.